The second-order valence-electron chi connectivity index (χ2n) is 2.17. The van der Waals surface area contributed by atoms with Gasteiger partial charge in [0, 0.05) is 6.54 Å². The fourth-order valence-electron chi connectivity index (χ4n) is 0.859. The molecule has 66 valence electrons. The highest BCUT2D eigenvalue weighted by atomic mass is 19.4. The van der Waals surface area contributed by atoms with Crippen molar-refractivity contribution in [2.75, 3.05) is 19.8 Å². The third kappa shape index (κ3) is 2.03. The highest BCUT2D eigenvalue weighted by Gasteiger charge is 2.43. The Morgan fingerprint density at radius 3 is 2.36 bits per heavy atom. The van der Waals surface area contributed by atoms with Crippen molar-refractivity contribution in [2.45, 2.75) is 12.6 Å². The molecule has 1 atom stereocenters. The van der Waals surface area contributed by atoms with Gasteiger partial charge in [-0.25, -0.2) is 4.39 Å². The van der Waals surface area contributed by atoms with E-state index in [1.165, 1.54) is 0 Å². The van der Waals surface area contributed by atoms with E-state index in [1.54, 1.807) is 0 Å². The summed E-state index contributed by atoms with van der Waals surface area (Å²) in [6.07, 6.45) is -6.63. The van der Waals surface area contributed by atoms with Crippen LogP contribution in [0.3, 0.4) is 0 Å². The molecule has 11 heavy (non-hydrogen) atoms. The number of hydrogen-bond donors (Lipinski definition) is 0. The van der Waals surface area contributed by atoms with Crippen LogP contribution < -0.4 is 0 Å². The molecule has 0 saturated carbocycles. The molecule has 0 N–H and O–H groups in total. The molecule has 0 spiro atoms. The standard InChI is InChI=1S/C5H7F4NO/c6-4-3-11-2-1-10(4)5(7,8)9/h4H,1-3H2. The maximum absolute atomic E-state index is 12.4. The molecule has 1 rings (SSSR count). The third-order valence-electron chi connectivity index (χ3n) is 1.40. The number of nitrogens with zero attached hydrogens (tertiary/aromatic N) is 1. The van der Waals surface area contributed by atoms with Gasteiger partial charge >= 0.3 is 6.30 Å². The van der Waals surface area contributed by atoms with Gasteiger partial charge in [-0.15, -0.1) is 0 Å². The fraction of sp³-hybridized carbons (Fsp3) is 1.00. The predicted molar refractivity (Wildman–Crippen MR) is 28.5 cm³/mol. The number of rotatable bonds is 0. The van der Waals surface area contributed by atoms with Crippen molar-refractivity contribution in [2.24, 2.45) is 0 Å². The largest absolute Gasteiger partial charge is 0.462 e. The van der Waals surface area contributed by atoms with E-state index in [-0.39, 0.29) is 11.5 Å². The van der Waals surface area contributed by atoms with Crippen molar-refractivity contribution in [1.29, 1.82) is 0 Å². The molecule has 0 aliphatic carbocycles. The molecule has 1 heterocycles. The molecule has 0 aromatic rings. The minimum absolute atomic E-state index is 0.0695. The van der Waals surface area contributed by atoms with Crippen molar-refractivity contribution in [3.8, 4) is 0 Å². The van der Waals surface area contributed by atoms with Crippen LogP contribution in [0.4, 0.5) is 17.6 Å². The van der Waals surface area contributed by atoms with Gasteiger partial charge in [0.25, 0.3) is 0 Å². The highest BCUT2D eigenvalue weighted by Crippen LogP contribution is 2.25. The lowest BCUT2D eigenvalue weighted by Gasteiger charge is -2.31. The number of alkyl halides is 4. The molecular weight excluding hydrogens is 166 g/mol. The molecule has 6 heteroatoms. The summed E-state index contributed by atoms with van der Waals surface area (Å²) in [6.45, 7) is -0.996. The van der Waals surface area contributed by atoms with Crippen molar-refractivity contribution in [3.63, 3.8) is 0 Å². The molecule has 0 aromatic heterocycles. The minimum Gasteiger partial charge on any atom is -0.376 e. The summed E-state index contributed by atoms with van der Waals surface area (Å²) in [5.74, 6) is 0. The highest BCUT2D eigenvalue weighted by molar-refractivity contribution is 4.68. The second-order valence-corrected chi connectivity index (χ2v) is 2.17. The molecule has 0 amide bonds. The van der Waals surface area contributed by atoms with Gasteiger partial charge in [0.2, 0.25) is 0 Å². The molecule has 0 aromatic carbocycles. The summed E-state index contributed by atoms with van der Waals surface area (Å²) >= 11 is 0. The van der Waals surface area contributed by atoms with Crippen LogP contribution in [0.25, 0.3) is 0 Å². The van der Waals surface area contributed by atoms with Crippen molar-refractivity contribution < 1.29 is 22.3 Å². The first-order chi connectivity index (χ1) is 5.02. The number of hydrogen-bond acceptors (Lipinski definition) is 2. The zero-order valence-electron chi connectivity index (χ0n) is 5.57. The lowest BCUT2D eigenvalue weighted by atomic mass is 10.4. The van der Waals surface area contributed by atoms with Crippen LogP contribution in [0.15, 0.2) is 0 Å². The SMILES string of the molecule is FC1COCCN1C(F)(F)F. The maximum Gasteiger partial charge on any atom is 0.462 e. The lowest BCUT2D eigenvalue weighted by Crippen LogP contribution is -2.50. The van der Waals surface area contributed by atoms with Gasteiger partial charge < -0.3 is 4.74 Å². The van der Waals surface area contributed by atoms with Gasteiger partial charge in [-0.2, -0.15) is 18.1 Å². The number of ether oxygens (including phenoxy) is 1. The van der Waals surface area contributed by atoms with Crippen LogP contribution in [0.2, 0.25) is 0 Å². The summed E-state index contributed by atoms with van der Waals surface area (Å²) in [4.78, 5) is -0.170. The van der Waals surface area contributed by atoms with Crippen LogP contribution in [-0.4, -0.2) is 37.3 Å². The zero-order chi connectivity index (χ0) is 8.48. The van der Waals surface area contributed by atoms with E-state index in [9.17, 15) is 17.6 Å². The smallest absolute Gasteiger partial charge is 0.376 e. The van der Waals surface area contributed by atoms with E-state index in [2.05, 4.69) is 4.74 Å². The Morgan fingerprint density at radius 2 is 2.00 bits per heavy atom. The Morgan fingerprint density at radius 1 is 1.36 bits per heavy atom. The average molecular weight is 173 g/mol. The number of halogens is 4. The van der Waals surface area contributed by atoms with Gasteiger partial charge in [0.05, 0.1) is 13.2 Å². The van der Waals surface area contributed by atoms with E-state index >= 15 is 0 Å². The molecule has 2 nitrogen and oxygen atoms in total. The van der Waals surface area contributed by atoms with Crippen LogP contribution in [0.1, 0.15) is 0 Å². The molecule has 1 unspecified atom stereocenters. The Labute approximate surface area is 60.7 Å². The Balaban J connectivity index is 2.55. The lowest BCUT2D eigenvalue weighted by molar-refractivity contribution is -0.292. The van der Waals surface area contributed by atoms with Gasteiger partial charge in [-0.3, -0.25) is 0 Å². The van der Waals surface area contributed by atoms with Crippen LogP contribution in [0, 0.1) is 0 Å². The zero-order valence-corrected chi connectivity index (χ0v) is 5.57. The van der Waals surface area contributed by atoms with Gasteiger partial charge in [0.15, 0.2) is 6.30 Å². The quantitative estimate of drug-likeness (QED) is 0.402. The molecule has 0 bridgehead atoms. The molecule has 1 fully saturated rings. The first-order valence-electron chi connectivity index (χ1n) is 3.07. The third-order valence-corrected chi connectivity index (χ3v) is 1.40. The predicted octanol–water partition coefficient (Wildman–Crippen LogP) is 1.13. The van der Waals surface area contributed by atoms with E-state index < -0.39 is 25.7 Å². The summed E-state index contributed by atoms with van der Waals surface area (Å²) < 4.78 is 52.4. The summed E-state index contributed by atoms with van der Waals surface area (Å²) in [7, 11) is 0. The van der Waals surface area contributed by atoms with E-state index in [0.717, 1.165) is 0 Å². The molecular formula is C5H7F4NO. The van der Waals surface area contributed by atoms with Crippen LogP contribution >= 0.6 is 0 Å². The van der Waals surface area contributed by atoms with Gasteiger partial charge in [-0.05, 0) is 0 Å². The van der Waals surface area contributed by atoms with Crippen molar-refractivity contribution >= 4 is 0 Å². The number of morpholine rings is 1. The first-order valence-corrected chi connectivity index (χ1v) is 3.07. The molecule has 0 radical (unpaired) electrons. The summed E-state index contributed by atoms with van der Waals surface area (Å²) in [6, 6.07) is 0. The van der Waals surface area contributed by atoms with Gasteiger partial charge in [0.1, 0.15) is 0 Å². The monoisotopic (exact) mass is 173 g/mol. The Kier molecular flexibility index (Phi) is 2.34. The minimum atomic E-state index is -4.58. The van der Waals surface area contributed by atoms with E-state index in [1.807, 2.05) is 0 Å². The van der Waals surface area contributed by atoms with Crippen molar-refractivity contribution in [1.82, 2.24) is 4.90 Å². The normalized spacial score (nSPS) is 28.9. The molecule has 1 aliphatic rings. The average Bonchev–Trinajstić information content (AvgIpc) is 1.86. The van der Waals surface area contributed by atoms with E-state index in [0.29, 0.717) is 0 Å². The van der Waals surface area contributed by atoms with Gasteiger partial charge in [-0.1, -0.05) is 0 Å². The summed E-state index contributed by atoms with van der Waals surface area (Å²) in [5.41, 5.74) is 0. The molecule has 1 aliphatic heterocycles. The van der Waals surface area contributed by atoms with Crippen LogP contribution in [0.5, 0.6) is 0 Å². The Bertz CT molecular complexity index is 137. The summed E-state index contributed by atoms with van der Waals surface area (Å²) in [5, 5.41) is 0. The first kappa shape index (κ1) is 8.73. The Hall–Kier alpha value is -0.360. The van der Waals surface area contributed by atoms with Crippen LogP contribution in [-0.2, 0) is 4.74 Å². The molecule has 1 saturated heterocycles. The fourth-order valence-corrected chi connectivity index (χ4v) is 0.859. The second kappa shape index (κ2) is 2.94. The van der Waals surface area contributed by atoms with Crippen molar-refractivity contribution in [3.05, 3.63) is 0 Å². The topological polar surface area (TPSA) is 12.5 Å². The maximum atomic E-state index is 12.4. The van der Waals surface area contributed by atoms with E-state index in [4.69, 9.17) is 0 Å².